The summed E-state index contributed by atoms with van der Waals surface area (Å²) in [6.07, 6.45) is 5.67. The first-order valence-corrected chi connectivity index (χ1v) is 4.56. The average Bonchev–Trinajstić information content (AvgIpc) is 1.88. The highest BCUT2D eigenvalue weighted by atomic mass is 35.5. The second-order valence-electron chi connectivity index (χ2n) is 3.53. The van der Waals surface area contributed by atoms with Crippen molar-refractivity contribution in [2.45, 2.75) is 45.6 Å². The summed E-state index contributed by atoms with van der Waals surface area (Å²) in [6, 6.07) is 0.828. The van der Waals surface area contributed by atoms with Crippen molar-refractivity contribution < 1.29 is 0 Å². The maximum absolute atomic E-state index is 3.51. The summed E-state index contributed by atoms with van der Waals surface area (Å²) in [7, 11) is 0. The normalized spacial score (nSPS) is 31.1. The van der Waals surface area contributed by atoms with Gasteiger partial charge in [0.2, 0.25) is 0 Å². The Morgan fingerprint density at radius 1 is 1.36 bits per heavy atom. The van der Waals surface area contributed by atoms with E-state index in [-0.39, 0.29) is 12.4 Å². The molecule has 1 rings (SSSR count). The van der Waals surface area contributed by atoms with Gasteiger partial charge in [-0.25, -0.2) is 0 Å². The molecule has 1 nitrogen and oxygen atoms in total. The van der Waals surface area contributed by atoms with Crippen molar-refractivity contribution in [1.29, 1.82) is 0 Å². The standard InChI is InChI=1S/C9H19N.ClH/c1-3-10-9-6-4-5-8(2)7-9;/h8-10H,3-7H2,1-2H3;1H. The summed E-state index contributed by atoms with van der Waals surface area (Å²) in [5.41, 5.74) is 0. The fraction of sp³-hybridized carbons (Fsp3) is 1.00. The summed E-state index contributed by atoms with van der Waals surface area (Å²) in [5.74, 6) is 0.956. The zero-order valence-corrected chi connectivity index (χ0v) is 8.41. The Morgan fingerprint density at radius 3 is 2.64 bits per heavy atom. The van der Waals surface area contributed by atoms with Gasteiger partial charge in [-0.2, -0.15) is 0 Å². The van der Waals surface area contributed by atoms with Gasteiger partial charge in [-0.05, 0) is 25.3 Å². The minimum absolute atomic E-state index is 0. The predicted molar refractivity (Wildman–Crippen MR) is 52.3 cm³/mol. The maximum Gasteiger partial charge on any atom is 0.00694 e. The Balaban J connectivity index is 0.000001000. The van der Waals surface area contributed by atoms with E-state index >= 15 is 0 Å². The van der Waals surface area contributed by atoms with E-state index in [0.717, 1.165) is 18.5 Å². The lowest BCUT2D eigenvalue weighted by Crippen LogP contribution is -2.33. The van der Waals surface area contributed by atoms with Crippen LogP contribution < -0.4 is 5.32 Å². The third kappa shape index (κ3) is 3.97. The molecule has 0 aromatic carbocycles. The van der Waals surface area contributed by atoms with Gasteiger partial charge in [-0.3, -0.25) is 0 Å². The van der Waals surface area contributed by atoms with Crippen molar-refractivity contribution >= 4 is 12.4 Å². The largest absolute Gasteiger partial charge is 0.314 e. The third-order valence-electron chi connectivity index (χ3n) is 2.43. The van der Waals surface area contributed by atoms with Crippen LogP contribution in [0, 0.1) is 5.92 Å². The van der Waals surface area contributed by atoms with Gasteiger partial charge in [0.1, 0.15) is 0 Å². The fourth-order valence-corrected chi connectivity index (χ4v) is 1.91. The van der Waals surface area contributed by atoms with Crippen LogP contribution in [-0.2, 0) is 0 Å². The van der Waals surface area contributed by atoms with Crippen LogP contribution in [0.3, 0.4) is 0 Å². The van der Waals surface area contributed by atoms with Crippen molar-refractivity contribution in [3.8, 4) is 0 Å². The van der Waals surface area contributed by atoms with Gasteiger partial charge in [-0.1, -0.05) is 26.7 Å². The quantitative estimate of drug-likeness (QED) is 0.684. The molecule has 1 saturated carbocycles. The van der Waals surface area contributed by atoms with Gasteiger partial charge in [-0.15, -0.1) is 12.4 Å². The van der Waals surface area contributed by atoms with Crippen LogP contribution >= 0.6 is 12.4 Å². The van der Waals surface area contributed by atoms with Gasteiger partial charge >= 0.3 is 0 Å². The molecule has 0 aromatic rings. The van der Waals surface area contributed by atoms with Crippen LogP contribution in [0.5, 0.6) is 0 Å². The van der Waals surface area contributed by atoms with Crippen molar-refractivity contribution in [2.24, 2.45) is 5.92 Å². The Labute approximate surface area is 76.4 Å². The molecule has 1 N–H and O–H groups in total. The Kier molecular flexibility index (Phi) is 5.98. The Hall–Kier alpha value is 0.250. The van der Waals surface area contributed by atoms with Gasteiger partial charge in [0, 0.05) is 6.04 Å². The molecule has 0 amide bonds. The van der Waals surface area contributed by atoms with Crippen LogP contribution in [0.15, 0.2) is 0 Å². The lowest BCUT2D eigenvalue weighted by atomic mass is 9.87. The van der Waals surface area contributed by atoms with Gasteiger partial charge in [0.25, 0.3) is 0 Å². The predicted octanol–water partition coefficient (Wildman–Crippen LogP) is 2.60. The van der Waals surface area contributed by atoms with E-state index in [1.54, 1.807) is 0 Å². The topological polar surface area (TPSA) is 12.0 Å². The second kappa shape index (κ2) is 5.84. The van der Waals surface area contributed by atoms with Crippen LogP contribution in [-0.4, -0.2) is 12.6 Å². The first-order chi connectivity index (χ1) is 4.83. The highest BCUT2D eigenvalue weighted by Gasteiger charge is 2.16. The highest BCUT2D eigenvalue weighted by Crippen LogP contribution is 2.23. The number of nitrogens with one attached hydrogen (secondary N) is 1. The van der Waals surface area contributed by atoms with E-state index in [4.69, 9.17) is 0 Å². The molecular weight excluding hydrogens is 158 g/mol. The summed E-state index contributed by atoms with van der Waals surface area (Å²) >= 11 is 0. The number of rotatable bonds is 2. The van der Waals surface area contributed by atoms with Gasteiger partial charge < -0.3 is 5.32 Å². The molecule has 0 aromatic heterocycles. The SMILES string of the molecule is CCNC1CCCC(C)C1.Cl. The zero-order chi connectivity index (χ0) is 7.40. The number of hydrogen-bond acceptors (Lipinski definition) is 1. The molecule has 2 atom stereocenters. The van der Waals surface area contributed by atoms with Crippen molar-refractivity contribution in [3.05, 3.63) is 0 Å². The molecule has 68 valence electrons. The van der Waals surface area contributed by atoms with E-state index in [0.29, 0.717) is 0 Å². The summed E-state index contributed by atoms with van der Waals surface area (Å²) in [6.45, 7) is 5.69. The van der Waals surface area contributed by atoms with Crippen LogP contribution in [0.1, 0.15) is 39.5 Å². The second-order valence-corrected chi connectivity index (χ2v) is 3.53. The number of hydrogen-bond donors (Lipinski definition) is 1. The highest BCUT2D eigenvalue weighted by molar-refractivity contribution is 5.85. The van der Waals surface area contributed by atoms with E-state index < -0.39 is 0 Å². The molecule has 1 fully saturated rings. The molecule has 1 aliphatic carbocycles. The molecule has 0 saturated heterocycles. The molecular formula is C9H20ClN. The molecule has 0 heterocycles. The molecule has 0 bridgehead atoms. The third-order valence-corrected chi connectivity index (χ3v) is 2.43. The van der Waals surface area contributed by atoms with Crippen LogP contribution in [0.2, 0.25) is 0 Å². The maximum atomic E-state index is 3.51. The van der Waals surface area contributed by atoms with Crippen LogP contribution in [0.25, 0.3) is 0 Å². The van der Waals surface area contributed by atoms with Gasteiger partial charge in [0.15, 0.2) is 0 Å². The monoisotopic (exact) mass is 177 g/mol. The van der Waals surface area contributed by atoms with E-state index in [9.17, 15) is 0 Å². The van der Waals surface area contributed by atoms with Crippen molar-refractivity contribution in [3.63, 3.8) is 0 Å². The molecule has 2 heteroatoms. The first kappa shape index (κ1) is 11.2. The molecule has 0 spiro atoms. The Bertz CT molecular complexity index is 93.6. The van der Waals surface area contributed by atoms with E-state index in [2.05, 4.69) is 19.2 Å². The molecule has 2 unspecified atom stereocenters. The molecule has 11 heavy (non-hydrogen) atoms. The number of halogens is 1. The lowest BCUT2D eigenvalue weighted by molar-refractivity contribution is 0.305. The van der Waals surface area contributed by atoms with Crippen LogP contribution in [0.4, 0.5) is 0 Å². The van der Waals surface area contributed by atoms with E-state index in [1.165, 1.54) is 25.7 Å². The lowest BCUT2D eigenvalue weighted by Gasteiger charge is -2.26. The summed E-state index contributed by atoms with van der Waals surface area (Å²) < 4.78 is 0. The van der Waals surface area contributed by atoms with Crippen molar-refractivity contribution in [2.75, 3.05) is 6.54 Å². The average molecular weight is 178 g/mol. The summed E-state index contributed by atoms with van der Waals surface area (Å²) in [5, 5.41) is 3.51. The summed E-state index contributed by atoms with van der Waals surface area (Å²) in [4.78, 5) is 0. The molecule has 1 aliphatic rings. The van der Waals surface area contributed by atoms with Gasteiger partial charge in [0.05, 0.1) is 0 Å². The fourth-order valence-electron chi connectivity index (χ4n) is 1.91. The van der Waals surface area contributed by atoms with Crippen molar-refractivity contribution in [1.82, 2.24) is 5.32 Å². The minimum Gasteiger partial charge on any atom is -0.314 e. The minimum atomic E-state index is 0. The first-order valence-electron chi connectivity index (χ1n) is 4.56. The molecule has 0 aliphatic heterocycles. The molecule has 0 radical (unpaired) electrons. The Morgan fingerprint density at radius 2 is 2.09 bits per heavy atom. The smallest absolute Gasteiger partial charge is 0.00694 e. The zero-order valence-electron chi connectivity index (χ0n) is 7.60. The van der Waals surface area contributed by atoms with E-state index in [1.807, 2.05) is 0 Å².